The first-order valence-electron chi connectivity index (χ1n) is 20.8. The third-order valence-corrected chi connectivity index (χ3v) is 13.0. The number of amidine groups is 1. The van der Waals surface area contributed by atoms with Crippen LogP contribution in [0.2, 0.25) is 5.02 Å². The number of nitrogens with zero attached hydrogens (tertiary/aromatic N) is 6. The zero-order chi connectivity index (χ0) is 43.5. The first kappa shape index (κ1) is 40.7. The molecule has 4 aromatic carbocycles. The second-order valence-corrected chi connectivity index (χ2v) is 16.9. The van der Waals surface area contributed by atoms with Crippen LogP contribution in [0.25, 0.3) is 11.3 Å². The van der Waals surface area contributed by atoms with Gasteiger partial charge in [-0.3, -0.25) is 9.58 Å². The number of nitrogen functional groups attached to an aromatic ring is 1. The number of aliphatic imine (C=N–C) groups is 1. The predicted octanol–water partition coefficient (Wildman–Crippen LogP) is 9.76. The quantitative estimate of drug-likeness (QED) is 0.104. The summed E-state index contributed by atoms with van der Waals surface area (Å²) in [5.41, 5.74) is 7.52. The molecule has 322 valence electrons. The molecule has 6 aromatic rings. The van der Waals surface area contributed by atoms with Crippen molar-refractivity contribution in [1.82, 2.24) is 24.6 Å². The Hall–Kier alpha value is -6.38. The first-order valence-corrected chi connectivity index (χ1v) is 21.2. The van der Waals surface area contributed by atoms with Crippen LogP contribution in [0.3, 0.4) is 0 Å². The van der Waals surface area contributed by atoms with Gasteiger partial charge in [-0.05, 0) is 66.8 Å². The highest BCUT2D eigenvalue weighted by Gasteiger charge is 2.50. The molecule has 2 fully saturated rings. The minimum atomic E-state index is -4.77. The first-order chi connectivity index (χ1) is 30.4. The van der Waals surface area contributed by atoms with E-state index in [0.29, 0.717) is 35.7 Å². The van der Waals surface area contributed by atoms with Crippen molar-refractivity contribution in [2.45, 2.75) is 56.2 Å². The molecule has 0 aliphatic carbocycles. The van der Waals surface area contributed by atoms with Gasteiger partial charge in [0.1, 0.15) is 42.4 Å². The van der Waals surface area contributed by atoms with Crippen molar-refractivity contribution in [2.24, 2.45) is 4.99 Å². The number of aromatic nitrogens is 3. The van der Waals surface area contributed by atoms with E-state index in [2.05, 4.69) is 51.6 Å². The van der Waals surface area contributed by atoms with Gasteiger partial charge in [0, 0.05) is 24.7 Å². The maximum absolute atomic E-state index is 14.9. The number of benzene rings is 4. The number of anilines is 2. The molecule has 2 aromatic heterocycles. The zero-order valence-corrected chi connectivity index (χ0v) is 35.0. The fourth-order valence-corrected chi connectivity index (χ4v) is 10.2. The molecule has 0 spiro atoms. The van der Waals surface area contributed by atoms with Gasteiger partial charge in [0.15, 0.2) is 0 Å². The highest BCUT2D eigenvalue weighted by atomic mass is 35.5. The van der Waals surface area contributed by atoms with E-state index in [1.807, 2.05) is 76.4 Å². The molecule has 3 N–H and O–H groups in total. The van der Waals surface area contributed by atoms with E-state index in [-0.39, 0.29) is 53.5 Å². The van der Waals surface area contributed by atoms with E-state index in [0.717, 1.165) is 36.1 Å². The lowest BCUT2D eigenvalue weighted by molar-refractivity contribution is -0.137. The van der Waals surface area contributed by atoms with E-state index in [9.17, 15) is 17.6 Å². The number of hydrogen-bond acceptors (Lipinski definition) is 9. The van der Waals surface area contributed by atoms with Crippen LogP contribution in [0, 0.1) is 6.92 Å². The van der Waals surface area contributed by atoms with Crippen LogP contribution in [0.4, 0.5) is 29.1 Å². The molecule has 2 atom stereocenters. The average Bonchev–Trinajstić information content (AvgIpc) is 3.95. The molecule has 0 saturated carbocycles. The van der Waals surface area contributed by atoms with Crippen LogP contribution >= 0.6 is 11.6 Å². The summed E-state index contributed by atoms with van der Waals surface area (Å²) in [6.07, 6.45) is -0.123. The largest absolute Gasteiger partial charge is 0.462 e. The minimum absolute atomic E-state index is 0.0138. The molecule has 0 amide bonds. The lowest BCUT2D eigenvalue weighted by Gasteiger charge is -2.36. The van der Waals surface area contributed by atoms with Crippen LogP contribution in [-0.2, 0) is 23.0 Å². The van der Waals surface area contributed by atoms with Crippen LogP contribution < -0.4 is 15.8 Å². The van der Waals surface area contributed by atoms with Crippen molar-refractivity contribution >= 4 is 28.9 Å². The Morgan fingerprint density at radius 1 is 0.952 bits per heavy atom. The molecule has 0 bridgehead atoms. The van der Waals surface area contributed by atoms with E-state index < -0.39 is 34.7 Å². The lowest BCUT2D eigenvalue weighted by atomic mass is 9.77. The SMILES string of the molecule is Cc1cc(N)nc(-c2cc3c4c(c2Cl)NCN=C4N(Cc2ccn(C(c4ccccc4)(c4ccccc4)c4ccccc4)n2)C=C(OC[C@@]24CCCN2C[C@H](F)C4)O3)c1C(F)(F)F. The number of nitrogens with two attached hydrogens (primary N) is 1. The van der Waals surface area contributed by atoms with E-state index in [1.165, 1.54) is 19.1 Å². The molecular weight excluding hydrogens is 832 g/mol. The Labute approximate surface area is 366 Å². The maximum atomic E-state index is 14.9. The minimum Gasteiger partial charge on any atom is -0.462 e. The van der Waals surface area contributed by atoms with Gasteiger partial charge in [-0.15, -0.1) is 0 Å². The van der Waals surface area contributed by atoms with E-state index >= 15 is 0 Å². The molecule has 10 nitrogen and oxygen atoms in total. The number of pyridine rings is 1. The van der Waals surface area contributed by atoms with Gasteiger partial charge in [0.25, 0.3) is 0 Å². The topological polar surface area (TPSA) is 106 Å². The molecule has 4 aliphatic heterocycles. The van der Waals surface area contributed by atoms with Crippen molar-refractivity contribution in [3.63, 3.8) is 0 Å². The standard InChI is InChI=1S/C48H43ClF4N8O2/c1-30-22-38(54)57-43(41(30)48(51,52)53)36-23-37-40-44(42(36)49)55-29-56-45(40)59(27-39(63-37)62-28-46-19-11-20-60(46)25-34(50)24-46)26-35-18-21-61(58-35)47(31-12-5-2-6-13-31,32-14-7-3-8-15-32)33-16-9-4-10-17-33/h2-10,12-18,21-23,27,34,55H,11,19-20,24-26,28-29H2,1H3,(H2,54,57)/t34-,46+/m1/s1. The molecule has 6 heterocycles. The van der Waals surface area contributed by atoms with Gasteiger partial charge in [-0.1, -0.05) is 103 Å². The third kappa shape index (κ3) is 7.05. The second-order valence-electron chi connectivity index (χ2n) is 16.5. The van der Waals surface area contributed by atoms with Crippen LogP contribution in [0.1, 0.15) is 58.3 Å². The van der Waals surface area contributed by atoms with Gasteiger partial charge in [-0.2, -0.15) is 18.3 Å². The fraction of sp³-hybridized carbons (Fsp3) is 0.271. The number of nitrogens with one attached hydrogen (secondary N) is 1. The van der Waals surface area contributed by atoms with Gasteiger partial charge < -0.3 is 25.4 Å². The maximum Gasteiger partial charge on any atom is 0.418 e. The zero-order valence-electron chi connectivity index (χ0n) is 34.2. The summed E-state index contributed by atoms with van der Waals surface area (Å²) in [7, 11) is 0. The molecular formula is C48H43ClF4N8O2. The number of ether oxygens (including phenoxy) is 2. The van der Waals surface area contributed by atoms with Crippen molar-refractivity contribution in [1.29, 1.82) is 0 Å². The normalized spacial score (nSPS) is 19.7. The number of halogens is 5. The number of fused-ring (bicyclic) bond motifs is 1. The fourth-order valence-electron chi connectivity index (χ4n) is 9.94. The Morgan fingerprint density at radius 2 is 1.62 bits per heavy atom. The van der Waals surface area contributed by atoms with Crippen molar-refractivity contribution in [2.75, 3.05) is 37.4 Å². The van der Waals surface area contributed by atoms with E-state index in [1.54, 1.807) is 6.20 Å². The van der Waals surface area contributed by atoms with Gasteiger partial charge in [-0.25, -0.2) is 14.4 Å². The third-order valence-electron chi connectivity index (χ3n) is 12.6. The summed E-state index contributed by atoms with van der Waals surface area (Å²) >= 11 is 7.11. The summed E-state index contributed by atoms with van der Waals surface area (Å²) in [5.74, 6) is 0.514. The number of alkyl halides is 4. The Morgan fingerprint density at radius 3 is 2.27 bits per heavy atom. The lowest BCUT2D eigenvalue weighted by Crippen LogP contribution is -2.42. The number of hydrogen-bond donors (Lipinski definition) is 2. The van der Waals surface area contributed by atoms with Gasteiger partial charge in [0.2, 0.25) is 0 Å². The van der Waals surface area contributed by atoms with E-state index in [4.69, 9.17) is 36.9 Å². The summed E-state index contributed by atoms with van der Waals surface area (Å²) in [6, 6.07) is 35.2. The average molecular weight is 875 g/mol. The molecule has 63 heavy (non-hydrogen) atoms. The summed E-state index contributed by atoms with van der Waals surface area (Å²) in [4.78, 5) is 13.1. The van der Waals surface area contributed by atoms with Crippen molar-refractivity contribution in [3.8, 4) is 17.0 Å². The van der Waals surface area contributed by atoms with Crippen LogP contribution in [0.5, 0.6) is 5.75 Å². The van der Waals surface area contributed by atoms with Crippen LogP contribution in [0.15, 0.2) is 133 Å². The molecule has 0 unspecified atom stereocenters. The predicted molar refractivity (Wildman–Crippen MR) is 234 cm³/mol. The highest BCUT2D eigenvalue weighted by molar-refractivity contribution is 6.37. The molecule has 10 rings (SSSR count). The number of rotatable bonds is 10. The Bertz CT molecular complexity index is 2650. The second kappa shape index (κ2) is 15.8. The summed E-state index contributed by atoms with van der Waals surface area (Å²) in [5, 5.41) is 8.47. The monoisotopic (exact) mass is 874 g/mol. The Kier molecular flexibility index (Phi) is 10.2. The van der Waals surface area contributed by atoms with Crippen LogP contribution in [-0.4, -0.2) is 68.5 Å². The molecule has 15 heteroatoms. The molecule has 0 radical (unpaired) electrons. The van der Waals surface area contributed by atoms with Gasteiger partial charge >= 0.3 is 12.1 Å². The highest BCUT2D eigenvalue weighted by Crippen LogP contribution is 2.49. The summed E-state index contributed by atoms with van der Waals surface area (Å²) < 4.78 is 74.2. The number of aryl methyl sites for hydroxylation is 1. The van der Waals surface area contributed by atoms with Crippen molar-refractivity contribution in [3.05, 3.63) is 172 Å². The molecule has 4 aliphatic rings. The Balaban J connectivity index is 1.10. The van der Waals surface area contributed by atoms with Gasteiger partial charge in [0.05, 0.1) is 51.5 Å². The summed E-state index contributed by atoms with van der Waals surface area (Å²) in [6.45, 7) is 2.78. The smallest absolute Gasteiger partial charge is 0.418 e. The molecule has 2 saturated heterocycles. The van der Waals surface area contributed by atoms with Crippen molar-refractivity contribution < 1.29 is 27.0 Å².